The molecule has 2 aromatic heterocycles. The number of alkyl halides is 2. The number of aromatic amines is 1. The molecule has 0 aliphatic heterocycles. The number of pyridine rings is 1. The van der Waals surface area contributed by atoms with E-state index >= 15 is 0 Å². The molecule has 1 unspecified atom stereocenters. The lowest BCUT2D eigenvalue weighted by atomic mass is 10.00. The Balaban J connectivity index is 2.18. The van der Waals surface area contributed by atoms with Crippen LogP contribution in [-0.2, 0) is 22.8 Å². The zero-order valence-electron chi connectivity index (χ0n) is 13.0. The van der Waals surface area contributed by atoms with Gasteiger partial charge in [-0.3, -0.25) is 10.1 Å². The van der Waals surface area contributed by atoms with Crippen molar-refractivity contribution in [1.29, 1.82) is 0 Å². The molecule has 2 N–H and O–H groups in total. The molecular formula is C16H15F2N3O2S. The summed E-state index contributed by atoms with van der Waals surface area (Å²) in [6, 6.07) is 6.76. The van der Waals surface area contributed by atoms with Gasteiger partial charge in [0.05, 0.1) is 22.3 Å². The predicted octanol–water partition coefficient (Wildman–Crippen LogP) is 3.77. The number of hydrogen-bond donors (Lipinski definition) is 2. The third-order valence-corrected chi connectivity index (χ3v) is 4.36. The molecule has 0 aliphatic carbocycles. The summed E-state index contributed by atoms with van der Waals surface area (Å²) in [6.45, 7) is 2.61. The normalized spacial score (nSPS) is 13.4. The molecular weight excluding hydrogens is 336 g/mol. The van der Waals surface area contributed by atoms with Crippen LogP contribution in [0.15, 0.2) is 30.5 Å². The Hall–Kier alpha value is -2.19. The van der Waals surface area contributed by atoms with Gasteiger partial charge in [0.25, 0.3) is 5.92 Å². The Labute approximate surface area is 139 Å². The average molecular weight is 351 g/mol. The summed E-state index contributed by atoms with van der Waals surface area (Å²) < 4.78 is 47.7. The summed E-state index contributed by atoms with van der Waals surface area (Å²) in [5.74, 6) is -3.05. The number of H-pyrrole nitrogens is 1. The van der Waals surface area contributed by atoms with E-state index in [1.54, 1.807) is 31.2 Å². The van der Waals surface area contributed by atoms with Crippen LogP contribution in [0.2, 0.25) is 0 Å². The molecule has 0 saturated carbocycles. The minimum Gasteiger partial charge on any atom is -0.306 e. The molecule has 1 atom stereocenters. The van der Waals surface area contributed by atoms with E-state index < -0.39 is 17.0 Å². The second-order valence-corrected chi connectivity index (χ2v) is 6.58. The SMILES string of the molecule is Cc1cc(-c2nccc3n[nH]c(C(C)(F)F)c23)ccc1CS(=O)O. The first-order valence-corrected chi connectivity index (χ1v) is 8.43. The Morgan fingerprint density at radius 3 is 2.71 bits per heavy atom. The van der Waals surface area contributed by atoms with Crippen LogP contribution in [0.4, 0.5) is 8.78 Å². The Bertz CT molecular complexity index is 935. The Morgan fingerprint density at radius 2 is 2.08 bits per heavy atom. The third kappa shape index (κ3) is 3.07. The summed E-state index contributed by atoms with van der Waals surface area (Å²) in [6.07, 6.45) is 1.52. The molecule has 0 aliphatic rings. The van der Waals surface area contributed by atoms with Crippen molar-refractivity contribution >= 4 is 22.0 Å². The van der Waals surface area contributed by atoms with Gasteiger partial charge in [-0.1, -0.05) is 12.1 Å². The molecule has 0 spiro atoms. The van der Waals surface area contributed by atoms with Gasteiger partial charge in [0.2, 0.25) is 0 Å². The van der Waals surface area contributed by atoms with E-state index in [1.165, 1.54) is 6.20 Å². The van der Waals surface area contributed by atoms with Gasteiger partial charge in [0.15, 0.2) is 11.1 Å². The zero-order chi connectivity index (χ0) is 17.5. The van der Waals surface area contributed by atoms with Crippen molar-refractivity contribution in [3.8, 4) is 11.3 Å². The highest BCUT2D eigenvalue weighted by Crippen LogP contribution is 2.36. The molecule has 8 heteroatoms. The lowest BCUT2D eigenvalue weighted by Gasteiger charge is -2.11. The molecule has 0 fully saturated rings. The maximum absolute atomic E-state index is 13.8. The second kappa shape index (κ2) is 6.03. The number of rotatable bonds is 4. The monoisotopic (exact) mass is 351 g/mol. The van der Waals surface area contributed by atoms with Crippen LogP contribution in [0.3, 0.4) is 0 Å². The third-order valence-electron chi connectivity index (χ3n) is 3.80. The van der Waals surface area contributed by atoms with Crippen LogP contribution in [0.25, 0.3) is 22.2 Å². The van der Waals surface area contributed by atoms with Gasteiger partial charge in [-0.25, -0.2) is 4.21 Å². The number of nitrogens with zero attached hydrogens (tertiary/aromatic N) is 2. The van der Waals surface area contributed by atoms with Crippen LogP contribution in [0.5, 0.6) is 0 Å². The molecule has 0 bridgehead atoms. The van der Waals surface area contributed by atoms with Crippen LogP contribution < -0.4 is 0 Å². The van der Waals surface area contributed by atoms with Crippen molar-refractivity contribution in [3.05, 3.63) is 47.3 Å². The van der Waals surface area contributed by atoms with E-state index in [-0.39, 0.29) is 16.8 Å². The van der Waals surface area contributed by atoms with Crippen LogP contribution >= 0.6 is 0 Å². The quantitative estimate of drug-likeness (QED) is 0.702. The molecule has 3 rings (SSSR count). The fraction of sp³-hybridized carbons (Fsp3) is 0.250. The standard InChI is InChI=1S/C16H15F2N3O2S/c1-9-7-10(3-4-11(9)8-24(22)23)14-13-12(5-6-19-14)20-21-15(13)16(2,17)18/h3-7H,8H2,1-2H3,(H,20,21)(H,22,23). The van der Waals surface area contributed by atoms with Crippen molar-refractivity contribution in [2.24, 2.45) is 0 Å². The van der Waals surface area contributed by atoms with E-state index in [2.05, 4.69) is 15.2 Å². The van der Waals surface area contributed by atoms with E-state index in [0.717, 1.165) is 18.1 Å². The fourth-order valence-corrected chi connectivity index (χ4v) is 3.23. The maximum Gasteiger partial charge on any atom is 0.287 e. The van der Waals surface area contributed by atoms with E-state index in [1.807, 2.05) is 0 Å². The first-order valence-electron chi connectivity index (χ1n) is 7.16. The van der Waals surface area contributed by atoms with Gasteiger partial charge in [-0.05, 0) is 30.2 Å². The van der Waals surface area contributed by atoms with Crippen LogP contribution in [0.1, 0.15) is 23.7 Å². The van der Waals surface area contributed by atoms with Crippen LogP contribution in [0, 0.1) is 6.92 Å². The summed E-state index contributed by atoms with van der Waals surface area (Å²) >= 11 is -1.94. The van der Waals surface area contributed by atoms with Gasteiger partial charge in [-0.2, -0.15) is 13.9 Å². The maximum atomic E-state index is 13.8. The molecule has 1 aromatic carbocycles. The number of fused-ring (bicyclic) bond motifs is 1. The van der Waals surface area contributed by atoms with Crippen LogP contribution in [-0.4, -0.2) is 23.9 Å². The Kier molecular flexibility index (Phi) is 4.18. The minimum absolute atomic E-state index is 0.0216. The van der Waals surface area contributed by atoms with Crippen molar-refractivity contribution in [1.82, 2.24) is 15.2 Å². The molecule has 126 valence electrons. The topological polar surface area (TPSA) is 78.9 Å². The number of nitrogens with one attached hydrogen (secondary N) is 1. The van der Waals surface area contributed by atoms with E-state index in [9.17, 15) is 13.0 Å². The Morgan fingerprint density at radius 1 is 1.33 bits per heavy atom. The van der Waals surface area contributed by atoms with Gasteiger partial charge >= 0.3 is 0 Å². The minimum atomic E-state index is -3.07. The van der Waals surface area contributed by atoms with Gasteiger partial charge < -0.3 is 4.55 Å². The van der Waals surface area contributed by atoms with Gasteiger partial charge in [-0.15, -0.1) is 0 Å². The van der Waals surface area contributed by atoms with Gasteiger partial charge in [0.1, 0.15) is 5.69 Å². The number of hydrogen-bond acceptors (Lipinski definition) is 3. The molecule has 5 nitrogen and oxygen atoms in total. The molecule has 0 radical (unpaired) electrons. The van der Waals surface area contributed by atoms with Crippen molar-refractivity contribution in [3.63, 3.8) is 0 Å². The van der Waals surface area contributed by atoms with E-state index in [0.29, 0.717) is 16.8 Å². The summed E-state index contributed by atoms with van der Waals surface area (Å²) in [4.78, 5) is 4.25. The summed E-state index contributed by atoms with van der Waals surface area (Å²) in [7, 11) is 0. The van der Waals surface area contributed by atoms with Crippen molar-refractivity contribution < 1.29 is 17.5 Å². The number of halogens is 2. The molecule has 0 amide bonds. The lowest BCUT2D eigenvalue weighted by Crippen LogP contribution is -2.08. The number of aryl methyl sites for hydroxylation is 1. The molecule has 3 aromatic rings. The fourth-order valence-electron chi connectivity index (χ4n) is 2.64. The highest BCUT2D eigenvalue weighted by Gasteiger charge is 2.31. The molecule has 24 heavy (non-hydrogen) atoms. The molecule has 0 saturated heterocycles. The highest BCUT2D eigenvalue weighted by molar-refractivity contribution is 7.78. The summed E-state index contributed by atoms with van der Waals surface area (Å²) in [5, 5.41) is 6.62. The first-order chi connectivity index (χ1) is 11.3. The highest BCUT2D eigenvalue weighted by atomic mass is 32.2. The molecule has 2 heterocycles. The largest absolute Gasteiger partial charge is 0.306 e. The van der Waals surface area contributed by atoms with Crippen molar-refractivity contribution in [2.75, 3.05) is 0 Å². The van der Waals surface area contributed by atoms with Gasteiger partial charge in [0, 0.05) is 18.7 Å². The zero-order valence-corrected chi connectivity index (χ0v) is 13.8. The number of aromatic nitrogens is 3. The smallest absolute Gasteiger partial charge is 0.287 e. The lowest BCUT2D eigenvalue weighted by molar-refractivity contribution is 0.0142. The van der Waals surface area contributed by atoms with E-state index in [4.69, 9.17) is 4.55 Å². The number of benzene rings is 1. The second-order valence-electron chi connectivity index (χ2n) is 5.65. The first kappa shape index (κ1) is 16.7. The summed E-state index contributed by atoms with van der Waals surface area (Å²) in [5.41, 5.74) is 2.70. The average Bonchev–Trinajstić information content (AvgIpc) is 2.93. The van der Waals surface area contributed by atoms with Crippen molar-refractivity contribution in [2.45, 2.75) is 25.5 Å². The predicted molar refractivity (Wildman–Crippen MR) is 88.1 cm³/mol.